The summed E-state index contributed by atoms with van der Waals surface area (Å²) in [5.41, 5.74) is -0.710. The maximum absolute atomic E-state index is 6.36. The van der Waals surface area contributed by atoms with Crippen LogP contribution in [0.1, 0.15) is 0 Å². The molecule has 3 rings (SSSR count). The number of alkyl halides is 4. The van der Waals surface area contributed by atoms with Gasteiger partial charge in [-0.1, -0.05) is 0 Å². The van der Waals surface area contributed by atoms with Crippen LogP contribution in [0.2, 0.25) is 0 Å². The quantitative estimate of drug-likeness (QED) is 0.213. The Morgan fingerprint density at radius 1 is 0.633 bits per heavy atom. The van der Waals surface area contributed by atoms with Gasteiger partial charge in [0.25, 0.3) is 0 Å². The highest BCUT2D eigenvalue weighted by atomic mass is 79.9. The van der Waals surface area contributed by atoms with Gasteiger partial charge in [0.15, 0.2) is 0 Å². The number of ether oxygens (including phenoxy) is 3. The van der Waals surface area contributed by atoms with Crippen molar-refractivity contribution in [1.29, 1.82) is 0 Å². The normalized spacial score (nSPS) is 16.2. The van der Waals surface area contributed by atoms with Gasteiger partial charge in [0.2, 0.25) is 6.84 Å². The van der Waals surface area contributed by atoms with E-state index < -0.39 is 12.3 Å². The average molecular weight is 1060 g/mol. The molecule has 0 atom stereocenters. The predicted octanol–water partition coefficient (Wildman–Crippen LogP) is 10.6. The van der Waals surface area contributed by atoms with Gasteiger partial charge >= 0.3 is 0 Å². The van der Waals surface area contributed by atoms with Crippen molar-refractivity contribution in [3.8, 4) is 11.5 Å². The first-order valence-electron chi connectivity index (χ1n) is 7.81. The summed E-state index contributed by atoms with van der Waals surface area (Å²) in [5, 5.41) is 0. The van der Waals surface area contributed by atoms with Gasteiger partial charge < -0.3 is 14.2 Å². The van der Waals surface area contributed by atoms with Crippen LogP contribution in [-0.2, 0) is 4.74 Å². The Morgan fingerprint density at radius 3 is 1.30 bits per heavy atom. The second kappa shape index (κ2) is 10.4. The fraction of sp³-hybridized carbons (Fsp3) is 0.294. The monoisotopic (exact) mass is 1050 g/mol. The summed E-state index contributed by atoms with van der Waals surface area (Å²) in [6.07, 6.45) is 0. The largest absolute Gasteiger partial charge is 0.464 e. The predicted molar refractivity (Wildman–Crippen MR) is 155 cm³/mol. The molecule has 0 unspecified atom stereocenters. The summed E-state index contributed by atoms with van der Waals surface area (Å²) in [6, 6.07) is 7.51. The van der Waals surface area contributed by atoms with E-state index in [2.05, 4.69) is 159 Å². The van der Waals surface area contributed by atoms with E-state index in [9.17, 15) is 0 Å². The molecule has 2 aromatic rings. The summed E-state index contributed by atoms with van der Waals surface area (Å²) >= 11 is 36.1. The van der Waals surface area contributed by atoms with Gasteiger partial charge in [0.1, 0.15) is 16.9 Å². The summed E-state index contributed by atoms with van der Waals surface area (Å²) in [5.74, 6) is 1.24. The molecule has 1 aliphatic heterocycles. The Bertz CT molecular complexity index is 901. The molecule has 0 saturated carbocycles. The van der Waals surface area contributed by atoms with Crippen LogP contribution >= 0.6 is 159 Å². The van der Waals surface area contributed by atoms with Crippen LogP contribution in [0.5, 0.6) is 11.5 Å². The third-order valence-corrected chi connectivity index (χ3v) is 14.6. The highest BCUT2D eigenvalue weighted by Gasteiger charge is 2.68. The van der Waals surface area contributed by atoms with E-state index in [-0.39, 0.29) is 0 Å². The molecule has 164 valence electrons. The lowest BCUT2D eigenvalue weighted by Gasteiger charge is -2.54. The first kappa shape index (κ1) is 27.4. The minimum absolute atomic E-state index is 0.352. The summed E-state index contributed by atoms with van der Waals surface area (Å²) in [4.78, 5) is 0. The third-order valence-electron chi connectivity index (χ3n) is 4.29. The number of benzene rings is 2. The van der Waals surface area contributed by atoms with Crippen molar-refractivity contribution in [2.24, 2.45) is 5.41 Å². The van der Waals surface area contributed by atoms with Gasteiger partial charge in [-0.25, -0.2) is 0 Å². The number of halogens is 10. The maximum atomic E-state index is 6.36. The standard InChI is InChI=1S/C17H8Br10O3/c18-7-1-3-9(13(22)11(7)20)29-16(24,25)15(5-28-6-15)17(26,27)30-10-4-2-8(19)12(21)14(10)23/h1-4H,5-6H2. The van der Waals surface area contributed by atoms with Crippen molar-refractivity contribution in [2.75, 3.05) is 13.2 Å². The first-order chi connectivity index (χ1) is 13.8. The van der Waals surface area contributed by atoms with Gasteiger partial charge in [-0.15, -0.1) is 0 Å². The van der Waals surface area contributed by atoms with E-state index in [1.807, 2.05) is 24.3 Å². The molecule has 3 nitrogen and oxygen atoms in total. The maximum Gasteiger partial charge on any atom is 0.233 e. The second-order valence-electron chi connectivity index (χ2n) is 6.16. The number of hydrogen-bond acceptors (Lipinski definition) is 3. The molecule has 1 fully saturated rings. The van der Waals surface area contributed by atoms with Gasteiger partial charge in [-0.3, -0.25) is 0 Å². The van der Waals surface area contributed by atoms with E-state index in [1.54, 1.807) is 0 Å². The molecule has 0 amide bonds. The molecule has 0 aliphatic carbocycles. The number of hydrogen-bond donors (Lipinski definition) is 0. The molecule has 0 bridgehead atoms. The molecule has 1 aliphatic rings. The molecule has 1 saturated heterocycles. The van der Waals surface area contributed by atoms with E-state index >= 15 is 0 Å². The average Bonchev–Trinajstić information content (AvgIpc) is 2.61. The molecule has 13 heteroatoms. The Morgan fingerprint density at radius 2 is 1.00 bits per heavy atom. The van der Waals surface area contributed by atoms with E-state index in [4.69, 9.17) is 14.2 Å². The zero-order valence-corrected chi connectivity index (χ0v) is 30.1. The Hall–Kier alpha value is 2.80. The lowest BCUT2D eigenvalue weighted by molar-refractivity contribution is -0.178. The molecular formula is C17H8Br10O3. The Labute approximate surface area is 257 Å². The molecule has 0 radical (unpaired) electrons. The van der Waals surface area contributed by atoms with Crippen molar-refractivity contribution in [1.82, 2.24) is 0 Å². The topological polar surface area (TPSA) is 27.7 Å². The Balaban J connectivity index is 1.95. The van der Waals surface area contributed by atoms with Crippen LogP contribution in [0.3, 0.4) is 0 Å². The van der Waals surface area contributed by atoms with Gasteiger partial charge in [-0.05, 0) is 184 Å². The lowest BCUT2D eigenvalue weighted by atomic mass is 9.87. The molecular weight excluding hydrogens is 1050 g/mol. The van der Waals surface area contributed by atoms with Crippen LogP contribution in [-0.4, -0.2) is 20.1 Å². The highest BCUT2D eigenvalue weighted by Crippen LogP contribution is 2.62. The van der Waals surface area contributed by atoms with Crippen LogP contribution in [0.25, 0.3) is 0 Å². The van der Waals surface area contributed by atoms with E-state index in [0.717, 1.165) is 26.8 Å². The molecule has 2 aromatic carbocycles. The second-order valence-corrected chi connectivity index (χ2v) is 17.6. The van der Waals surface area contributed by atoms with Crippen molar-refractivity contribution in [3.63, 3.8) is 0 Å². The zero-order chi connectivity index (χ0) is 22.5. The van der Waals surface area contributed by atoms with Crippen LogP contribution < -0.4 is 9.47 Å². The van der Waals surface area contributed by atoms with E-state index in [0.29, 0.717) is 24.7 Å². The van der Waals surface area contributed by atoms with Gasteiger partial charge in [-0.2, -0.15) is 0 Å². The van der Waals surface area contributed by atoms with Crippen LogP contribution in [0.4, 0.5) is 0 Å². The highest BCUT2D eigenvalue weighted by molar-refractivity contribution is 9.26. The summed E-state index contributed by atoms with van der Waals surface area (Å²) in [6.45, 7) is 0.704. The molecule has 30 heavy (non-hydrogen) atoms. The van der Waals surface area contributed by atoms with Crippen LogP contribution in [0, 0.1) is 5.41 Å². The minimum atomic E-state index is -1.05. The summed E-state index contributed by atoms with van der Waals surface area (Å²) < 4.78 is 21.3. The van der Waals surface area contributed by atoms with Crippen molar-refractivity contribution in [2.45, 2.75) is 6.84 Å². The fourth-order valence-electron chi connectivity index (χ4n) is 2.46. The molecule has 0 aromatic heterocycles. The molecule has 0 spiro atoms. The fourth-order valence-corrected chi connectivity index (χ4v) is 8.95. The van der Waals surface area contributed by atoms with Crippen molar-refractivity contribution in [3.05, 3.63) is 51.1 Å². The van der Waals surface area contributed by atoms with E-state index in [1.165, 1.54) is 0 Å². The van der Waals surface area contributed by atoms with Crippen molar-refractivity contribution >= 4 is 159 Å². The Kier molecular flexibility index (Phi) is 9.52. The summed E-state index contributed by atoms with van der Waals surface area (Å²) in [7, 11) is 0. The number of rotatable bonds is 6. The zero-order valence-electron chi connectivity index (χ0n) is 14.2. The first-order valence-corrected chi connectivity index (χ1v) is 15.7. The third kappa shape index (κ3) is 5.16. The minimum Gasteiger partial charge on any atom is -0.464 e. The molecule has 0 N–H and O–H groups in total. The van der Waals surface area contributed by atoms with Crippen LogP contribution in [0.15, 0.2) is 51.1 Å². The SMILES string of the molecule is Brc1ccc(OC(Br)(Br)C2(C(Br)(Br)Oc3ccc(Br)c(Br)c3Br)COC2)c(Br)c1Br. The van der Waals surface area contributed by atoms with Gasteiger partial charge in [0, 0.05) is 17.9 Å². The lowest BCUT2D eigenvalue weighted by Crippen LogP contribution is -2.66. The smallest absolute Gasteiger partial charge is 0.233 e. The van der Waals surface area contributed by atoms with Crippen molar-refractivity contribution < 1.29 is 14.2 Å². The molecule has 1 heterocycles. The van der Waals surface area contributed by atoms with Gasteiger partial charge in [0.05, 0.1) is 22.2 Å².